The molecule has 0 aliphatic rings. The molecule has 0 radical (unpaired) electrons. The highest BCUT2D eigenvalue weighted by atomic mass is 35.5. The molecule has 114 valence electrons. The molecular weight excluding hydrogens is 345 g/mol. The predicted octanol–water partition coefficient (Wildman–Crippen LogP) is 5.14. The largest absolute Gasteiger partial charge is 0.483 e. The van der Waals surface area contributed by atoms with Gasteiger partial charge in [-0.15, -0.1) is 0 Å². The molecule has 0 aliphatic carbocycles. The summed E-state index contributed by atoms with van der Waals surface area (Å²) in [7, 11) is 0. The fourth-order valence-corrected chi connectivity index (χ4v) is 2.79. The highest BCUT2D eigenvalue weighted by Gasteiger charge is 2.17. The zero-order chi connectivity index (χ0) is 15.9. The molecule has 0 spiro atoms. The van der Waals surface area contributed by atoms with Gasteiger partial charge in [0.05, 0.1) is 16.4 Å². The molecule has 2 heterocycles. The number of hydrogen-bond acceptors (Lipinski definition) is 3. The third-order valence-electron chi connectivity index (χ3n) is 3.27. The summed E-state index contributed by atoms with van der Waals surface area (Å²) in [5, 5.41) is 5.96. The fourth-order valence-electron chi connectivity index (χ4n) is 2.17. The zero-order valence-corrected chi connectivity index (χ0v) is 14.1. The number of nitrogens with zero attached hydrogens (tertiary/aromatic N) is 3. The van der Waals surface area contributed by atoms with Crippen molar-refractivity contribution in [2.24, 2.45) is 0 Å². The van der Waals surface area contributed by atoms with E-state index in [-0.39, 0.29) is 6.10 Å². The molecule has 4 nitrogen and oxygen atoms in total. The van der Waals surface area contributed by atoms with E-state index in [9.17, 15) is 0 Å². The maximum absolute atomic E-state index is 6.20. The van der Waals surface area contributed by atoms with E-state index in [0.29, 0.717) is 26.5 Å². The van der Waals surface area contributed by atoms with Crippen molar-refractivity contribution in [2.75, 3.05) is 0 Å². The summed E-state index contributed by atoms with van der Waals surface area (Å²) in [6.07, 6.45) is 1.39. The summed E-state index contributed by atoms with van der Waals surface area (Å²) in [6, 6.07) is 6.94. The van der Waals surface area contributed by atoms with Crippen LogP contribution in [0.15, 0.2) is 30.5 Å². The van der Waals surface area contributed by atoms with E-state index in [2.05, 4.69) is 10.1 Å². The monoisotopic (exact) mass is 355 g/mol. The highest BCUT2D eigenvalue weighted by molar-refractivity contribution is 6.35. The topological polar surface area (TPSA) is 39.4 Å². The molecule has 22 heavy (non-hydrogen) atoms. The first-order chi connectivity index (χ1) is 10.5. The standard InChI is InChI=1S/C15H12Cl3N3O/c1-8-14(18)15-19-6-5-12(21(15)20-8)9(2)22-13-4-3-10(16)7-11(13)17/h3-7,9H,1-2H3/t9-/m0/s1. The molecule has 3 rings (SSSR count). The molecule has 0 unspecified atom stereocenters. The number of rotatable bonds is 3. The minimum atomic E-state index is -0.292. The smallest absolute Gasteiger partial charge is 0.174 e. The summed E-state index contributed by atoms with van der Waals surface area (Å²) in [6.45, 7) is 3.74. The van der Waals surface area contributed by atoms with Gasteiger partial charge in [-0.2, -0.15) is 5.10 Å². The first kappa shape index (κ1) is 15.4. The zero-order valence-electron chi connectivity index (χ0n) is 11.8. The van der Waals surface area contributed by atoms with Gasteiger partial charge in [-0.1, -0.05) is 34.8 Å². The van der Waals surface area contributed by atoms with Crippen LogP contribution in [0, 0.1) is 6.92 Å². The van der Waals surface area contributed by atoms with Crippen molar-refractivity contribution in [3.63, 3.8) is 0 Å². The van der Waals surface area contributed by atoms with Crippen molar-refractivity contribution >= 4 is 40.4 Å². The number of benzene rings is 1. The van der Waals surface area contributed by atoms with Crippen LogP contribution in [0.2, 0.25) is 15.1 Å². The second-order valence-corrected chi connectivity index (χ2v) is 6.06. The molecule has 0 saturated heterocycles. The van der Waals surface area contributed by atoms with Gasteiger partial charge in [0.2, 0.25) is 0 Å². The van der Waals surface area contributed by atoms with Gasteiger partial charge in [-0.25, -0.2) is 9.50 Å². The van der Waals surface area contributed by atoms with E-state index in [4.69, 9.17) is 39.5 Å². The average molecular weight is 357 g/mol. The number of halogens is 3. The molecule has 0 N–H and O–H groups in total. The second-order valence-electron chi connectivity index (χ2n) is 4.84. The van der Waals surface area contributed by atoms with E-state index in [1.165, 1.54) is 0 Å². The Morgan fingerprint density at radius 2 is 1.95 bits per heavy atom. The number of fused-ring (bicyclic) bond motifs is 1. The maximum Gasteiger partial charge on any atom is 0.174 e. The van der Waals surface area contributed by atoms with Crippen LogP contribution in [-0.4, -0.2) is 14.6 Å². The van der Waals surface area contributed by atoms with Gasteiger partial charge in [-0.3, -0.25) is 0 Å². The van der Waals surface area contributed by atoms with Crippen LogP contribution in [0.5, 0.6) is 5.75 Å². The van der Waals surface area contributed by atoms with Gasteiger partial charge < -0.3 is 4.74 Å². The number of aryl methyl sites for hydroxylation is 1. The lowest BCUT2D eigenvalue weighted by Gasteiger charge is -2.16. The molecular formula is C15H12Cl3N3O. The molecule has 0 fully saturated rings. The molecule has 0 amide bonds. The Kier molecular flexibility index (Phi) is 4.17. The van der Waals surface area contributed by atoms with E-state index < -0.39 is 0 Å². The third kappa shape index (κ3) is 2.74. The Morgan fingerprint density at radius 1 is 1.18 bits per heavy atom. The highest BCUT2D eigenvalue weighted by Crippen LogP contribution is 2.31. The Morgan fingerprint density at radius 3 is 2.68 bits per heavy atom. The summed E-state index contributed by atoms with van der Waals surface area (Å²) in [5.74, 6) is 0.554. The minimum Gasteiger partial charge on any atom is -0.483 e. The normalized spacial score (nSPS) is 12.6. The quantitative estimate of drug-likeness (QED) is 0.652. The van der Waals surface area contributed by atoms with E-state index in [1.807, 2.05) is 19.9 Å². The van der Waals surface area contributed by atoms with E-state index >= 15 is 0 Å². The van der Waals surface area contributed by atoms with Gasteiger partial charge in [0.15, 0.2) is 5.65 Å². The summed E-state index contributed by atoms with van der Waals surface area (Å²) in [4.78, 5) is 4.25. The van der Waals surface area contributed by atoms with Crippen molar-refractivity contribution in [3.8, 4) is 5.75 Å². The lowest BCUT2D eigenvalue weighted by Crippen LogP contribution is -2.10. The molecule has 0 bridgehead atoms. The number of hydrogen-bond donors (Lipinski definition) is 0. The van der Waals surface area contributed by atoms with Crippen LogP contribution < -0.4 is 4.74 Å². The van der Waals surface area contributed by atoms with Crippen molar-refractivity contribution in [1.82, 2.24) is 14.6 Å². The van der Waals surface area contributed by atoms with Crippen LogP contribution in [0.25, 0.3) is 5.65 Å². The molecule has 1 atom stereocenters. The number of aromatic nitrogens is 3. The van der Waals surface area contributed by atoms with Gasteiger partial charge >= 0.3 is 0 Å². The van der Waals surface area contributed by atoms with Gasteiger partial charge in [-0.05, 0) is 38.1 Å². The Labute approximate surface area is 142 Å². The molecule has 2 aromatic heterocycles. The van der Waals surface area contributed by atoms with E-state index in [1.54, 1.807) is 28.9 Å². The van der Waals surface area contributed by atoms with Gasteiger partial charge in [0.1, 0.15) is 16.9 Å². The Hall–Kier alpha value is -1.49. The summed E-state index contributed by atoms with van der Waals surface area (Å²) >= 11 is 18.2. The van der Waals surface area contributed by atoms with Crippen LogP contribution in [-0.2, 0) is 0 Å². The fraction of sp³-hybridized carbons (Fsp3) is 0.200. The van der Waals surface area contributed by atoms with Crippen LogP contribution in [0.4, 0.5) is 0 Å². The second kappa shape index (κ2) is 5.95. The predicted molar refractivity (Wildman–Crippen MR) is 88.2 cm³/mol. The maximum atomic E-state index is 6.20. The van der Waals surface area contributed by atoms with Crippen molar-refractivity contribution in [2.45, 2.75) is 20.0 Å². The SMILES string of the molecule is Cc1nn2c([C@H](C)Oc3ccc(Cl)cc3Cl)ccnc2c1Cl. The minimum absolute atomic E-state index is 0.292. The first-order valence-corrected chi connectivity index (χ1v) is 7.72. The summed E-state index contributed by atoms with van der Waals surface area (Å²) in [5.41, 5.74) is 2.15. The third-order valence-corrected chi connectivity index (χ3v) is 4.24. The Balaban J connectivity index is 1.98. The lowest BCUT2D eigenvalue weighted by atomic mass is 10.2. The lowest BCUT2D eigenvalue weighted by molar-refractivity contribution is 0.219. The molecule has 0 saturated carbocycles. The van der Waals surface area contributed by atoms with Gasteiger partial charge in [0.25, 0.3) is 0 Å². The van der Waals surface area contributed by atoms with Crippen LogP contribution >= 0.6 is 34.8 Å². The van der Waals surface area contributed by atoms with Crippen molar-refractivity contribution in [3.05, 3.63) is 56.9 Å². The van der Waals surface area contributed by atoms with E-state index in [0.717, 1.165) is 11.4 Å². The van der Waals surface area contributed by atoms with Crippen molar-refractivity contribution < 1.29 is 4.74 Å². The molecule has 7 heteroatoms. The summed E-state index contributed by atoms with van der Waals surface area (Å²) < 4.78 is 7.61. The van der Waals surface area contributed by atoms with Crippen LogP contribution in [0.3, 0.4) is 0 Å². The Bertz CT molecular complexity index is 847. The average Bonchev–Trinajstić information content (AvgIpc) is 2.77. The van der Waals surface area contributed by atoms with Gasteiger partial charge in [0, 0.05) is 11.2 Å². The first-order valence-electron chi connectivity index (χ1n) is 6.59. The molecule has 1 aromatic carbocycles. The van der Waals surface area contributed by atoms with Crippen LogP contribution in [0.1, 0.15) is 24.4 Å². The number of ether oxygens (including phenoxy) is 1. The molecule has 3 aromatic rings. The molecule has 0 aliphatic heterocycles. The van der Waals surface area contributed by atoms with Crippen molar-refractivity contribution in [1.29, 1.82) is 0 Å².